The molecule has 5 atom stereocenters. The molecule has 1 aliphatic carbocycles. The van der Waals surface area contributed by atoms with Crippen molar-refractivity contribution in [3.63, 3.8) is 0 Å². The number of nitrogens with zero attached hydrogens (tertiary/aromatic N) is 1. The Morgan fingerprint density at radius 1 is 1.19 bits per heavy atom. The molecule has 4 N–H and O–H groups in total. The van der Waals surface area contributed by atoms with Gasteiger partial charge in [0.2, 0.25) is 0 Å². The third kappa shape index (κ3) is 7.99. The molecule has 1 saturated carbocycles. The quantitative estimate of drug-likeness (QED) is 0.0860. The largest absolute Gasteiger partial charge is 1.00 e. The van der Waals surface area contributed by atoms with Gasteiger partial charge in [-0.15, -0.1) is 11.8 Å². The summed E-state index contributed by atoms with van der Waals surface area (Å²) in [6.45, 7) is -0.390. The zero-order chi connectivity index (χ0) is 19.3. The molecule has 12 heteroatoms. The number of oxime groups is 1. The fourth-order valence-electron chi connectivity index (χ4n) is 2.71. The summed E-state index contributed by atoms with van der Waals surface area (Å²) in [5, 5.41) is 42.1. The Morgan fingerprint density at radius 3 is 2.37 bits per heavy atom. The summed E-state index contributed by atoms with van der Waals surface area (Å²) in [7, 11) is -5.04. The van der Waals surface area contributed by atoms with E-state index >= 15 is 0 Å². The van der Waals surface area contributed by atoms with Crippen molar-refractivity contribution in [3.05, 3.63) is 35.9 Å². The normalized spacial score (nSPS) is 29.1. The van der Waals surface area contributed by atoms with Gasteiger partial charge in [-0.05, 0) is 12.0 Å². The first-order valence-corrected chi connectivity index (χ1v) is 9.99. The molecule has 1 aliphatic rings. The van der Waals surface area contributed by atoms with Gasteiger partial charge in [0, 0.05) is 24.2 Å². The third-order valence-electron chi connectivity index (χ3n) is 4.05. The molecule has 1 fully saturated rings. The molecule has 27 heavy (non-hydrogen) atoms. The summed E-state index contributed by atoms with van der Waals surface area (Å²) in [4.78, 5) is 0. The molecule has 0 aliphatic heterocycles. The second-order valence-corrected chi connectivity index (χ2v) is 8.21. The van der Waals surface area contributed by atoms with E-state index in [0.717, 1.165) is 17.3 Å². The number of aliphatic hydroxyl groups excluding tert-OH is 4. The van der Waals surface area contributed by atoms with Gasteiger partial charge in [0.1, 0.15) is 11.1 Å². The molecule has 2 rings (SSSR count). The minimum Gasteiger partial charge on any atom is -0.714 e. The Morgan fingerprint density at radius 2 is 1.81 bits per heavy atom. The van der Waals surface area contributed by atoms with Gasteiger partial charge in [0.15, 0.2) is 0 Å². The van der Waals surface area contributed by atoms with Crippen LogP contribution in [-0.2, 0) is 21.1 Å². The predicted molar refractivity (Wildman–Crippen MR) is 93.0 cm³/mol. The van der Waals surface area contributed by atoms with Crippen molar-refractivity contribution >= 4 is 27.2 Å². The number of hydrogen-bond acceptors (Lipinski definition) is 10. The van der Waals surface area contributed by atoms with Gasteiger partial charge >= 0.3 is 51.4 Å². The van der Waals surface area contributed by atoms with Crippen LogP contribution in [0.2, 0.25) is 0 Å². The van der Waals surface area contributed by atoms with Crippen molar-refractivity contribution in [1.82, 2.24) is 0 Å². The fourth-order valence-corrected chi connectivity index (χ4v) is 4.26. The molecular formula is C15H20KNO8S2. The molecule has 1 aromatic carbocycles. The molecule has 0 spiro atoms. The van der Waals surface area contributed by atoms with E-state index < -0.39 is 46.5 Å². The zero-order valence-corrected chi connectivity index (χ0v) is 19.3. The first kappa shape index (κ1) is 25.5. The van der Waals surface area contributed by atoms with Crippen LogP contribution in [0, 0.1) is 5.92 Å². The Hall–Kier alpha value is 0.426. The molecule has 1 aromatic rings. The fraction of sp³-hybridized carbons (Fsp3) is 0.533. The molecule has 0 amide bonds. The van der Waals surface area contributed by atoms with Crippen LogP contribution in [0.4, 0.5) is 0 Å². The standard InChI is InChI=1S/C15H21NO8S2.K/c17-8-10-7-11(14(19)15(20)13(10)18)25-12(16-24-26(21,22)23)6-9-4-2-1-3-5-9;/h1-5,10-11,13-15,17-20H,6-8H2,(H,21,22,23);/q;+1/p-1/b16-12-;/t10-,11-,13-,14+,15+;/m1./s1. The van der Waals surface area contributed by atoms with E-state index in [4.69, 9.17) is 0 Å². The zero-order valence-electron chi connectivity index (χ0n) is 14.6. The van der Waals surface area contributed by atoms with Crippen molar-refractivity contribution < 1.29 is 89.1 Å². The molecule has 0 saturated heterocycles. The van der Waals surface area contributed by atoms with Crippen molar-refractivity contribution in [2.75, 3.05) is 6.61 Å². The average molecular weight is 446 g/mol. The van der Waals surface area contributed by atoms with E-state index in [1.807, 2.05) is 0 Å². The van der Waals surface area contributed by atoms with Gasteiger partial charge in [0.05, 0.1) is 12.2 Å². The Balaban J connectivity index is 0.00000364. The Bertz CT molecular complexity index is 716. The van der Waals surface area contributed by atoms with E-state index in [2.05, 4.69) is 9.44 Å². The number of aliphatic hydroxyl groups is 4. The Labute approximate surface area is 204 Å². The molecular weight excluding hydrogens is 425 g/mol. The van der Waals surface area contributed by atoms with E-state index in [-0.39, 0.29) is 69.3 Å². The van der Waals surface area contributed by atoms with Crippen LogP contribution in [0.15, 0.2) is 35.5 Å². The summed E-state index contributed by atoms with van der Waals surface area (Å²) in [5.74, 6) is -0.659. The van der Waals surface area contributed by atoms with Crippen LogP contribution >= 0.6 is 11.8 Å². The van der Waals surface area contributed by atoms with Crippen LogP contribution < -0.4 is 51.4 Å². The Kier molecular flexibility index (Phi) is 10.9. The van der Waals surface area contributed by atoms with Gasteiger partial charge in [-0.25, -0.2) is 0 Å². The van der Waals surface area contributed by atoms with Crippen LogP contribution in [-0.4, -0.2) is 68.6 Å². The van der Waals surface area contributed by atoms with Crippen molar-refractivity contribution in [2.45, 2.75) is 36.4 Å². The van der Waals surface area contributed by atoms with Gasteiger partial charge in [0.25, 0.3) is 10.4 Å². The van der Waals surface area contributed by atoms with Crippen LogP contribution in [0.5, 0.6) is 0 Å². The van der Waals surface area contributed by atoms with Crippen LogP contribution in [0.25, 0.3) is 0 Å². The average Bonchev–Trinajstić information content (AvgIpc) is 2.60. The van der Waals surface area contributed by atoms with Crippen LogP contribution in [0.1, 0.15) is 12.0 Å². The number of thioether (sulfide) groups is 1. The van der Waals surface area contributed by atoms with Crippen molar-refractivity contribution in [1.29, 1.82) is 0 Å². The summed E-state index contributed by atoms with van der Waals surface area (Å²) in [6, 6.07) is 8.84. The second-order valence-electron chi connectivity index (χ2n) is 5.94. The smallest absolute Gasteiger partial charge is 0.714 e. The maximum absolute atomic E-state index is 10.7. The van der Waals surface area contributed by atoms with E-state index in [1.165, 1.54) is 0 Å². The minimum absolute atomic E-state index is 0. The number of hydrogen-bond donors (Lipinski definition) is 4. The predicted octanol–water partition coefficient (Wildman–Crippen LogP) is -3.78. The van der Waals surface area contributed by atoms with Crippen molar-refractivity contribution in [2.24, 2.45) is 11.1 Å². The van der Waals surface area contributed by atoms with Gasteiger partial charge in [-0.1, -0.05) is 35.5 Å². The summed E-state index contributed by atoms with van der Waals surface area (Å²) < 4.78 is 36.0. The van der Waals surface area contributed by atoms with Gasteiger partial charge < -0.3 is 25.0 Å². The minimum atomic E-state index is -5.04. The summed E-state index contributed by atoms with van der Waals surface area (Å²) >= 11 is 0.924. The van der Waals surface area contributed by atoms with Gasteiger partial charge in [-0.2, -0.15) is 8.42 Å². The molecule has 0 unspecified atom stereocenters. The molecule has 9 nitrogen and oxygen atoms in total. The summed E-state index contributed by atoms with van der Waals surface area (Å²) in [6.07, 6.45) is -3.80. The van der Waals surface area contributed by atoms with E-state index in [1.54, 1.807) is 30.3 Å². The number of benzene rings is 1. The SMILES string of the molecule is O=S(=O)([O-])O/N=C(/Cc1ccccc1)S[C@@H]1C[C@H](CO)[C@@H](O)[C@H](O)[C@H]1O.[K+]. The maximum atomic E-state index is 10.7. The van der Waals surface area contributed by atoms with E-state index in [9.17, 15) is 33.4 Å². The molecule has 0 radical (unpaired) electrons. The topological polar surface area (TPSA) is 160 Å². The van der Waals surface area contributed by atoms with Gasteiger partial charge in [-0.3, -0.25) is 4.28 Å². The molecule has 0 bridgehead atoms. The first-order chi connectivity index (χ1) is 12.2. The second kappa shape index (κ2) is 11.6. The monoisotopic (exact) mass is 445 g/mol. The maximum Gasteiger partial charge on any atom is 1.00 e. The van der Waals surface area contributed by atoms with Crippen molar-refractivity contribution in [3.8, 4) is 0 Å². The molecule has 0 heterocycles. The first-order valence-electron chi connectivity index (χ1n) is 7.78. The van der Waals surface area contributed by atoms with E-state index in [0.29, 0.717) is 0 Å². The number of rotatable bonds is 6. The molecule has 0 aromatic heterocycles. The van der Waals surface area contributed by atoms with Crippen LogP contribution in [0.3, 0.4) is 0 Å². The third-order valence-corrected chi connectivity index (χ3v) is 5.57. The summed E-state index contributed by atoms with van der Waals surface area (Å²) in [5.41, 5.74) is 0.759. The molecule has 146 valence electrons.